The summed E-state index contributed by atoms with van der Waals surface area (Å²) in [4.78, 5) is 0. The highest BCUT2D eigenvalue weighted by Crippen LogP contribution is 2.40. The zero-order chi connectivity index (χ0) is 15.1. The second-order valence-electron chi connectivity index (χ2n) is 6.63. The van der Waals surface area contributed by atoms with Gasteiger partial charge in [0.05, 0.1) is 11.7 Å². The van der Waals surface area contributed by atoms with Crippen LogP contribution in [0.15, 0.2) is 18.2 Å². The lowest BCUT2D eigenvalue weighted by Gasteiger charge is -2.28. The lowest BCUT2D eigenvalue weighted by Crippen LogP contribution is -2.37. The summed E-state index contributed by atoms with van der Waals surface area (Å²) in [5.74, 6) is 0.0137. The summed E-state index contributed by atoms with van der Waals surface area (Å²) in [7, 11) is 0. The Balaban J connectivity index is 2.28. The van der Waals surface area contributed by atoms with Gasteiger partial charge in [0.1, 0.15) is 23.3 Å². The second-order valence-corrected chi connectivity index (χ2v) is 6.63. The summed E-state index contributed by atoms with van der Waals surface area (Å²) in [5.41, 5.74) is -0.134. The zero-order valence-electron chi connectivity index (χ0n) is 12.7. The first-order valence-corrected chi connectivity index (χ1v) is 6.95. The third-order valence-electron chi connectivity index (χ3n) is 3.69. The molecule has 1 aromatic carbocycles. The molecule has 4 heteroatoms. The minimum absolute atomic E-state index is 0.184. The van der Waals surface area contributed by atoms with Crippen LogP contribution in [0.4, 0.5) is 4.39 Å². The molecule has 1 aromatic rings. The van der Waals surface area contributed by atoms with Crippen molar-refractivity contribution in [2.75, 3.05) is 0 Å². The van der Waals surface area contributed by atoms with Gasteiger partial charge in [-0.3, -0.25) is 0 Å². The van der Waals surface area contributed by atoms with Crippen molar-refractivity contribution in [1.29, 1.82) is 0 Å². The summed E-state index contributed by atoms with van der Waals surface area (Å²) in [5, 5.41) is 9.77. The Labute approximate surface area is 119 Å². The number of aliphatic hydroxyl groups is 1. The average molecular weight is 282 g/mol. The Morgan fingerprint density at radius 3 is 2.50 bits per heavy atom. The van der Waals surface area contributed by atoms with Gasteiger partial charge >= 0.3 is 0 Å². The summed E-state index contributed by atoms with van der Waals surface area (Å²) in [6.45, 7) is 9.60. The van der Waals surface area contributed by atoms with E-state index < -0.39 is 11.7 Å². The molecule has 20 heavy (non-hydrogen) atoms. The quantitative estimate of drug-likeness (QED) is 0.920. The van der Waals surface area contributed by atoms with E-state index in [1.165, 1.54) is 12.1 Å². The first kappa shape index (κ1) is 15.3. The predicted molar refractivity (Wildman–Crippen MR) is 75.3 cm³/mol. The van der Waals surface area contributed by atoms with Gasteiger partial charge in [-0.25, -0.2) is 4.39 Å². The van der Waals surface area contributed by atoms with Crippen LogP contribution in [0.25, 0.3) is 0 Å². The van der Waals surface area contributed by atoms with Crippen LogP contribution in [-0.4, -0.2) is 22.4 Å². The molecule has 0 amide bonds. The monoisotopic (exact) mass is 282 g/mol. The van der Waals surface area contributed by atoms with Gasteiger partial charge in [0.25, 0.3) is 0 Å². The normalized spacial score (nSPS) is 25.4. The lowest BCUT2D eigenvalue weighted by atomic mass is 9.97. The van der Waals surface area contributed by atoms with E-state index in [1.54, 1.807) is 13.0 Å². The average Bonchev–Trinajstić information content (AvgIpc) is 2.46. The Kier molecular flexibility index (Phi) is 3.82. The third kappa shape index (κ3) is 3.13. The molecule has 0 saturated carbocycles. The smallest absolute Gasteiger partial charge is 0.130 e. The van der Waals surface area contributed by atoms with Crippen LogP contribution in [0, 0.1) is 5.82 Å². The number of hydrogen-bond donors (Lipinski definition) is 1. The molecule has 0 radical (unpaired) electrons. The number of ether oxygens (including phenoxy) is 2. The van der Waals surface area contributed by atoms with E-state index in [-0.39, 0.29) is 17.5 Å². The maximum absolute atomic E-state index is 13.4. The van der Waals surface area contributed by atoms with Gasteiger partial charge in [0, 0.05) is 18.1 Å². The van der Waals surface area contributed by atoms with Crippen LogP contribution in [0.5, 0.6) is 5.75 Å². The number of hydrogen-bond acceptors (Lipinski definition) is 3. The second kappa shape index (κ2) is 5.01. The van der Waals surface area contributed by atoms with E-state index in [0.717, 1.165) is 6.42 Å². The van der Waals surface area contributed by atoms with Crippen molar-refractivity contribution in [2.45, 2.75) is 64.4 Å². The van der Waals surface area contributed by atoms with Crippen molar-refractivity contribution in [1.82, 2.24) is 0 Å². The van der Waals surface area contributed by atoms with Crippen molar-refractivity contribution < 1.29 is 19.0 Å². The van der Waals surface area contributed by atoms with Crippen LogP contribution in [0.3, 0.4) is 0 Å². The molecule has 1 saturated heterocycles. The van der Waals surface area contributed by atoms with E-state index >= 15 is 0 Å². The third-order valence-corrected chi connectivity index (χ3v) is 3.69. The molecule has 112 valence electrons. The standard InChI is InChI=1S/C16H23FO3/c1-10(18)12-7-6-11(17)8-13(12)19-14-9-15(2,3)20-16(14,4)5/h6-8,10,14,18H,9H2,1-5H3/t10-,14?/m1/s1. The van der Waals surface area contributed by atoms with Crippen LogP contribution in [0.2, 0.25) is 0 Å². The van der Waals surface area contributed by atoms with E-state index in [2.05, 4.69) is 0 Å². The van der Waals surface area contributed by atoms with E-state index in [9.17, 15) is 9.50 Å². The number of benzene rings is 1. The molecule has 1 N–H and O–H groups in total. The lowest BCUT2D eigenvalue weighted by molar-refractivity contribution is -0.0848. The topological polar surface area (TPSA) is 38.7 Å². The first-order valence-electron chi connectivity index (χ1n) is 6.95. The molecule has 1 heterocycles. The van der Waals surface area contributed by atoms with Gasteiger partial charge in [0.2, 0.25) is 0 Å². The Bertz CT molecular complexity index is 494. The molecule has 1 aliphatic rings. The van der Waals surface area contributed by atoms with E-state index in [1.807, 2.05) is 27.7 Å². The summed E-state index contributed by atoms with van der Waals surface area (Å²) in [6, 6.07) is 4.21. The fourth-order valence-corrected chi connectivity index (χ4v) is 2.80. The van der Waals surface area contributed by atoms with Crippen LogP contribution in [0.1, 0.15) is 52.7 Å². The van der Waals surface area contributed by atoms with Crippen LogP contribution < -0.4 is 4.74 Å². The van der Waals surface area contributed by atoms with Gasteiger partial charge in [-0.2, -0.15) is 0 Å². The predicted octanol–water partition coefficient (Wildman–Crippen LogP) is 3.60. The minimum atomic E-state index is -0.705. The van der Waals surface area contributed by atoms with Gasteiger partial charge < -0.3 is 14.6 Å². The molecule has 2 atom stereocenters. The van der Waals surface area contributed by atoms with Crippen molar-refractivity contribution in [2.24, 2.45) is 0 Å². The van der Waals surface area contributed by atoms with Gasteiger partial charge in [-0.05, 0) is 46.8 Å². The molecule has 2 rings (SSSR count). The molecule has 0 aromatic heterocycles. The minimum Gasteiger partial charge on any atom is -0.487 e. The fraction of sp³-hybridized carbons (Fsp3) is 0.625. The highest BCUT2D eigenvalue weighted by molar-refractivity contribution is 5.36. The fourth-order valence-electron chi connectivity index (χ4n) is 2.80. The molecule has 0 spiro atoms. The Hall–Kier alpha value is -1.13. The molecule has 3 nitrogen and oxygen atoms in total. The van der Waals surface area contributed by atoms with Crippen molar-refractivity contribution in [3.05, 3.63) is 29.6 Å². The summed E-state index contributed by atoms with van der Waals surface area (Å²) in [6.07, 6.45) is -0.170. The Morgan fingerprint density at radius 1 is 1.35 bits per heavy atom. The molecule has 1 aliphatic heterocycles. The molecular formula is C16H23FO3. The molecule has 0 bridgehead atoms. The van der Waals surface area contributed by atoms with Crippen molar-refractivity contribution >= 4 is 0 Å². The van der Waals surface area contributed by atoms with Crippen molar-refractivity contribution in [3.8, 4) is 5.75 Å². The van der Waals surface area contributed by atoms with Crippen molar-refractivity contribution in [3.63, 3.8) is 0 Å². The maximum Gasteiger partial charge on any atom is 0.130 e. The first-order chi connectivity index (χ1) is 9.11. The maximum atomic E-state index is 13.4. The number of aliphatic hydroxyl groups excluding tert-OH is 1. The molecule has 1 unspecified atom stereocenters. The summed E-state index contributed by atoms with van der Waals surface area (Å²) >= 11 is 0. The highest BCUT2D eigenvalue weighted by atomic mass is 19.1. The Morgan fingerprint density at radius 2 is 2.00 bits per heavy atom. The summed E-state index contributed by atoms with van der Waals surface area (Å²) < 4.78 is 25.4. The van der Waals surface area contributed by atoms with Gasteiger partial charge in [-0.15, -0.1) is 0 Å². The number of rotatable bonds is 3. The SMILES string of the molecule is C[C@@H](O)c1ccc(F)cc1OC1CC(C)(C)OC1(C)C. The van der Waals surface area contributed by atoms with Crippen LogP contribution >= 0.6 is 0 Å². The van der Waals surface area contributed by atoms with Crippen LogP contribution in [-0.2, 0) is 4.74 Å². The number of halogens is 1. The van der Waals surface area contributed by atoms with Gasteiger partial charge in [-0.1, -0.05) is 0 Å². The van der Waals surface area contributed by atoms with Gasteiger partial charge in [0.15, 0.2) is 0 Å². The molecule has 1 fully saturated rings. The highest BCUT2D eigenvalue weighted by Gasteiger charge is 2.47. The van der Waals surface area contributed by atoms with E-state index in [0.29, 0.717) is 11.3 Å². The molecular weight excluding hydrogens is 259 g/mol. The zero-order valence-corrected chi connectivity index (χ0v) is 12.7. The largest absolute Gasteiger partial charge is 0.487 e. The molecule has 0 aliphatic carbocycles. The van der Waals surface area contributed by atoms with E-state index in [4.69, 9.17) is 9.47 Å².